The predicted molar refractivity (Wildman–Crippen MR) is 181 cm³/mol. The van der Waals surface area contributed by atoms with Gasteiger partial charge in [0.05, 0.1) is 0 Å². The SMILES string of the molecule is CCC1=C(C)C2CC3NC(CC4NC(CC5NC(CC1N2)C(C)C5CCC(=O)O)C(CCC(=O)O)=C4C)C(C)C3CC.Cl.Cl. The Morgan fingerprint density at radius 2 is 1.11 bits per heavy atom. The first-order valence-electron chi connectivity index (χ1n) is 16.9. The lowest BCUT2D eigenvalue weighted by atomic mass is 9.80. The fourth-order valence-electron chi connectivity index (χ4n) is 9.89. The topological polar surface area (TPSA) is 123 Å². The van der Waals surface area contributed by atoms with Crippen LogP contribution < -0.4 is 21.3 Å². The van der Waals surface area contributed by atoms with Crippen LogP contribution in [0.1, 0.15) is 106 Å². The second-order valence-electron chi connectivity index (χ2n) is 14.3. The molecule has 5 aliphatic rings. The van der Waals surface area contributed by atoms with E-state index in [4.69, 9.17) is 0 Å². The molecule has 12 unspecified atom stereocenters. The molecular formula is C34H58Cl2N4O4. The van der Waals surface area contributed by atoms with Crippen LogP contribution in [0.3, 0.4) is 0 Å². The van der Waals surface area contributed by atoms with E-state index >= 15 is 0 Å². The maximum absolute atomic E-state index is 11.6. The molecule has 0 aromatic heterocycles. The number of nitrogens with one attached hydrogen (secondary N) is 4. The van der Waals surface area contributed by atoms with Gasteiger partial charge in [-0.2, -0.15) is 0 Å². The van der Waals surface area contributed by atoms with Gasteiger partial charge in [0.1, 0.15) is 0 Å². The number of carboxylic acid groups (broad SMARTS) is 2. The number of carboxylic acids is 2. The number of rotatable bonds is 8. The van der Waals surface area contributed by atoms with E-state index in [1.807, 2.05) is 0 Å². The second-order valence-corrected chi connectivity index (χ2v) is 14.3. The molecule has 5 heterocycles. The van der Waals surface area contributed by atoms with E-state index in [0.29, 0.717) is 60.8 Å². The highest BCUT2D eigenvalue weighted by Crippen LogP contribution is 2.42. The summed E-state index contributed by atoms with van der Waals surface area (Å²) in [6, 6.07) is 2.51. The van der Waals surface area contributed by atoms with Crippen molar-refractivity contribution < 1.29 is 19.8 Å². The third-order valence-electron chi connectivity index (χ3n) is 12.3. The highest BCUT2D eigenvalue weighted by atomic mass is 35.5. The predicted octanol–water partition coefficient (Wildman–Crippen LogP) is 5.45. The number of carbonyl (C=O) groups is 2. The van der Waals surface area contributed by atoms with Gasteiger partial charge < -0.3 is 31.5 Å². The van der Waals surface area contributed by atoms with Crippen LogP contribution in [0.5, 0.6) is 0 Å². The molecule has 3 saturated heterocycles. The molecule has 0 aromatic carbocycles. The van der Waals surface area contributed by atoms with Gasteiger partial charge in [-0.3, -0.25) is 9.59 Å². The van der Waals surface area contributed by atoms with Crippen molar-refractivity contribution in [3.8, 4) is 0 Å². The van der Waals surface area contributed by atoms with Crippen LogP contribution in [-0.4, -0.2) is 70.5 Å². The molecule has 10 heteroatoms. The molecule has 6 N–H and O–H groups in total. The molecule has 0 saturated carbocycles. The molecule has 44 heavy (non-hydrogen) atoms. The molecule has 3 fully saturated rings. The van der Waals surface area contributed by atoms with E-state index in [0.717, 1.165) is 32.1 Å². The number of fused-ring (bicyclic) bond motifs is 8. The second kappa shape index (κ2) is 15.6. The summed E-state index contributed by atoms with van der Waals surface area (Å²) < 4.78 is 0. The Kier molecular flexibility index (Phi) is 13.2. The summed E-state index contributed by atoms with van der Waals surface area (Å²) >= 11 is 0. The standard InChI is InChI=1S/C34H56N4O4.2ClH/c1-7-21-17(3)25-13-26-19(5)23(9-11-33(39)40)31(37-26)16-32-24(10-12-34(41)42)20(6)28(38-32)15-30-22(8-2)18(4)27(36-30)14-29(21)35-25;;/h17,20-21,24-32,35-38H,7-16H2,1-6H3,(H,39,40)(H,41,42);2*1H. The number of aliphatic carboxylic acids is 2. The van der Waals surface area contributed by atoms with E-state index < -0.39 is 11.9 Å². The lowest BCUT2D eigenvalue weighted by molar-refractivity contribution is -0.138. The van der Waals surface area contributed by atoms with Crippen LogP contribution in [0, 0.1) is 23.7 Å². The van der Waals surface area contributed by atoms with Gasteiger partial charge in [-0.15, -0.1) is 24.8 Å². The monoisotopic (exact) mass is 656 g/mol. The van der Waals surface area contributed by atoms with Crippen molar-refractivity contribution in [3.63, 3.8) is 0 Å². The number of hydrogen-bond acceptors (Lipinski definition) is 6. The van der Waals surface area contributed by atoms with E-state index in [9.17, 15) is 19.8 Å². The Balaban J connectivity index is 0.00000264. The molecule has 0 aromatic rings. The smallest absolute Gasteiger partial charge is 0.303 e. The summed E-state index contributed by atoms with van der Waals surface area (Å²) in [6.07, 6.45) is 7.85. The summed E-state index contributed by atoms with van der Waals surface area (Å²) in [6.45, 7) is 13.9. The van der Waals surface area contributed by atoms with Crippen LogP contribution in [0.4, 0.5) is 0 Å². The molecule has 0 amide bonds. The summed E-state index contributed by atoms with van der Waals surface area (Å²) in [5.41, 5.74) is 5.69. The van der Waals surface area contributed by atoms with Gasteiger partial charge in [0, 0.05) is 61.2 Å². The van der Waals surface area contributed by atoms with Crippen LogP contribution >= 0.6 is 24.8 Å². The van der Waals surface area contributed by atoms with Crippen LogP contribution in [0.25, 0.3) is 0 Å². The molecule has 0 radical (unpaired) electrons. The van der Waals surface area contributed by atoms with Crippen LogP contribution in [0.2, 0.25) is 0 Å². The minimum absolute atomic E-state index is 0. The number of hydrogen-bond donors (Lipinski definition) is 6. The van der Waals surface area contributed by atoms with E-state index in [2.05, 4.69) is 62.8 Å². The molecular weight excluding hydrogens is 599 g/mol. The Bertz CT molecular complexity index is 1100. The fraction of sp³-hybridized carbons (Fsp3) is 0.824. The van der Waals surface area contributed by atoms with E-state index in [1.165, 1.54) is 23.1 Å². The fourth-order valence-corrected chi connectivity index (χ4v) is 9.89. The van der Waals surface area contributed by atoms with Crippen LogP contribution in [0.15, 0.2) is 22.3 Å². The largest absolute Gasteiger partial charge is 0.481 e. The third-order valence-corrected chi connectivity index (χ3v) is 12.3. The Morgan fingerprint density at radius 1 is 0.659 bits per heavy atom. The van der Waals surface area contributed by atoms with Gasteiger partial charge in [-0.1, -0.05) is 56.4 Å². The molecule has 0 aliphatic carbocycles. The average molecular weight is 658 g/mol. The quantitative estimate of drug-likeness (QED) is 0.191. The third kappa shape index (κ3) is 7.52. The van der Waals surface area contributed by atoms with E-state index in [-0.39, 0.29) is 61.7 Å². The average Bonchev–Trinajstić information content (AvgIpc) is 3.59. The zero-order valence-corrected chi connectivity index (χ0v) is 29.2. The molecule has 5 aliphatic heterocycles. The zero-order valence-electron chi connectivity index (χ0n) is 27.5. The summed E-state index contributed by atoms with van der Waals surface area (Å²) in [5, 5.41) is 35.3. The van der Waals surface area contributed by atoms with Crippen molar-refractivity contribution in [1.29, 1.82) is 0 Å². The van der Waals surface area contributed by atoms with Gasteiger partial charge in [0.2, 0.25) is 0 Å². The molecule has 12 atom stereocenters. The molecule has 252 valence electrons. The van der Waals surface area contributed by atoms with Crippen molar-refractivity contribution >= 4 is 36.8 Å². The van der Waals surface area contributed by atoms with Crippen LogP contribution in [-0.2, 0) is 9.59 Å². The summed E-state index contributed by atoms with van der Waals surface area (Å²) in [5.74, 6) is 0.396. The maximum atomic E-state index is 11.6. The summed E-state index contributed by atoms with van der Waals surface area (Å²) in [4.78, 5) is 23.3. The molecule has 8 bridgehead atoms. The van der Waals surface area contributed by atoms with Gasteiger partial charge in [0.15, 0.2) is 0 Å². The lowest BCUT2D eigenvalue weighted by Gasteiger charge is -2.28. The Labute approximate surface area is 277 Å². The zero-order chi connectivity index (χ0) is 30.3. The first-order valence-corrected chi connectivity index (χ1v) is 16.9. The Hall–Kier alpha value is -1.16. The number of halogens is 2. The van der Waals surface area contributed by atoms with Gasteiger partial charge in [-0.25, -0.2) is 0 Å². The molecule has 8 nitrogen and oxygen atoms in total. The Morgan fingerprint density at radius 3 is 1.66 bits per heavy atom. The molecule has 5 rings (SSSR count). The molecule has 0 spiro atoms. The van der Waals surface area contributed by atoms with Crippen molar-refractivity contribution in [2.75, 3.05) is 0 Å². The minimum Gasteiger partial charge on any atom is -0.481 e. The lowest BCUT2D eigenvalue weighted by Crippen LogP contribution is -2.46. The highest BCUT2D eigenvalue weighted by molar-refractivity contribution is 5.85. The van der Waals surface area contributed by atoms with Gasteiger partial charge in [0.25, 0.3) is 0 Å². The van der Waals surface area contributed by atoms with Gasteiger partial charge in [-0.05, 0) is 82.5 Å². The first-order chi connectivity index (χ1) is 20.0. The maximum Gasteiger partial charge on any atom is 0.303 e. The summed E-state index contributed by atoms with van der Waals surface area (Å²) in [7, 11) is 0. The van der Waals surface area contributed by atoms with Crippen molar-refractivity contribution in [1.82, 2.24) is 21.3 Å². The van der Waals surface area contributed by atoms with E-state index in [1.54, 1.807) is 5.57 Å². The van der Waals surface area contributed by atoms with Crippen molar-refractivity contribution in [3.05, 3.63) is 22.3 Å². The highest BCUT2D eigenvalue weighted by Gasteiger charge is 2.47. The minimum atomic E-state index is -0.750. The van der Waals surface area contributed by atoms with Crippen molar-refractivity contribution in [2.24, 2.45) is 23.7 Å². The first kappa shape index (κ1) is 37.3. The normalized spacial score (nSPS) is 40.1. The van der Waals surface area contributed by atoms with Crippen molar-refractivity contribution in [2.45, 2.75) is 154 Å². The van der Waals surface area contributed by atoms with Gasteiger partial charge >= 0.3 is 11.9 Å².